The van der Waals surface area contributed by atoms with Gasteiger partial charge in [-0.25, -0.2) is 4.79 Å². The van der Waals surface area contributed by atoms with Gasteiger partial charge in [0.15, 0.2) is 0 Å². The highest BCUT2D eigenvalue weighted by Crippen LogP contribution is 2.15. The molecular formula is C36H36N2O5S. The Hall–Kier alpha value is -4.69. The number of rotatable bonds is 15. The van der Waals surface area contributed by atoms with Gasteiger partial charge in [-0.1, -0.05) is 133 Å². The van der Waals surface area contributed by atoms with E-state index in [9.17, 15) is 19.2 Å². The zero-order chi connectivity index (χ0) is 31.0. The molecule has 0 saturated heterocycles. The molecule has 0 bridgehead atoms. The van der Waals surface area contributed by atoms with Gasteiger partial charge in [-0.05, 0) is 29.5 Å². The first-order valence-corrected chi connectivity index (χ1v) is 15.6. The molecule has 0 aliphatic rings. The second-order valence-electron chi connectivity index (χ2n) is 10.2. The van der Waals surface area contributed by atoms with Crippen LogP contribution in [-0.2, 0) is 38.6 Å². The maximum Gasteiger partial charge on any atom is 0.329 e. The first kappa shape index (κ1) is 32.2. The van der Waals surface area contributed by atoms with Crippen molar-refractivity contribution in [2.45, 2.75) is 44.4 Å². The van der Waals surface area contributed by atoms with E-state index in [1.807, 2.05) is 97.1 Å². The van der Waals surface area contributed by atoms with E-state index in [-0.39, 0.29) is 42.6 Å². The van der Waals surface area contributed by atoms with Crippen molar-refractivity contribution in [2.24, 2.45) is 0 Å². The van der Waals surface area contributed by atoms with Crippen LogP contribution in [0.2, 0.25) is 0 Å². The Balaban J connectivity index is 1.43. The van der Waals surface area contributed by atoms with E-state index < -0.39 is 24.0 Å². The third-order valence-electron chi connectivity index (χ3n) is 6.89. The van der Waals surface area contributed by atoms with Crippen molar-refractivity contribution in [3.8, 4) is 0 Å². The largest absolute Gasteiger partial charge is 0.459 e. The van der Waals surface area contributed by atoms with E-state index >= 15 is 0 Å². The number of benzene rings is 4. The van der Waals surface area contributed by atoms with Crippen LogP contribution < -0.4 is 10.6 Å². The number of aryl methyl sites for hydroxylation is 1. The van der Waals surface area contributed by atoms with Gasteiger partial charge in [-0.2, -0.15) is 0 Å². The average molecular weight is 609 g/mol. The minimum atomic E-state index is -1.01. The van der Waals surface area contributed by atoms with Crippen LogP contribution in [0.3, 0.4) is 0 Å². The van der Waals surface area contributed by atoms with Gasteiger partial charge in [0.05, 0.1) is 0 Å². The fourth-order valence-corrected chi connectivity index (χ4v) is 5.35. The summed E-state index contributed by atoms with van der Waals surface area (Å²) >= 11 is 1.08. The lowest BCUT2D eigenvalue weighted by molar-refractivity contribution is -0.149. The third kappa shape index (κ3) is 10.9. The fourth-order valence-electron chi connectivity index (χ4n) is 4.51. The number of hydrogen-bond donors (Lipinski definition) is 2. The number of carbonyl (C=O) groups excluding carboxylic acids is 4. The molecular weight excluding hydrogens is 572 g/mol. The second kappa shape index (κ2) is 17.4. The lowest BCUT2D eigenvalue weighted by atomic mass is 10.0. The van der Waals surface area contributed by atoms with Crippen LogP contribution >= 0.6 is 11.8 Å². The van der Waals surface area contributed by atoms with Crippen LogP contribution in [0.4, 0.5) is 0 Å². The molecule has 8 heteroatoms. The van der Waals surface area contributed by atoms with Gasteiger partial charge < -0.3 is 15.4 Å². The lowest BCUT2D eigenvalue weighted by Crippen LogP contribution is -2.53. The highest BCUT2D eigenvalue weighted by atomic mass is 32.2. The van der Waals surface area contributed by atoms with E-state index in [1.165, 1.54) is 0 Å². The number of thioether (sulfide) groups is 1. The number of esters is 1. The Morgan fingerprint density at radius 2 is 1.18 bits per heavy atom. The highest BCUT2D eigenvalue weighted by molar-refractivity contribution is 8.14. The van der Waals surface area contributed by atoms with Gasteiger partial charge in [0.1, 0.15) is 18.7 Å². The average Bonchev–Trinajstić information content (AvgIpc) is 3.07. The standard InChI is InChI=1S/C36H36N2O5S/c39-33(22-21-27-13-5-1-6-14-27)37-32(25-28-15-7-2-8-16-28)34(40)38-31(35(41)43-26-29-17-9-3-10-18-29)23-24-44-36(42)30-19-11-4-12-20-30/h1-20,31-32H,21-26H2,(H,37,39)(H,38,40)/t31-,32+/m1/s1. The van der Waals surface area contributed by atoms with Gasteiger partial charge >= 0.3 is 5.97 Å². The minimum absolute atomic E-state index is 0.0474. The predicted molar refractivity (Wildman–Crippen MR) is 173 cm³/mol. The number of nitrogens with one attached hydrogen (secondary N) is 2. The van der Waals surface area contributed by atoms with Crippen molar-refractivity contribution in [1.29, 1.82) is 0 Å². The summed E-state index contributed by atoms with van der Waals surface area (Å²) in [6.45, 7) is 0.0474. The van der Waals surface area contributed by atoms with Crippen LogP contribution in [0.15, 0.2) is 121 Å². The predicted octanol–water partition coefficient (Wildman–Crippen LogP) is 5.54. The molecule has 0 fully saturated rings. The zero-order valence-electron chi connectivity index (χ0n) is 24.4. The summed E-state index contributed by atoms with van der Waals surface area (Å²) < 4.78 is 5.56. The second-order valence-corrected chi connectivity index (χ2v) is 11.3. The van der Waals surface area contributed by atoms with Gasteiger partial charge in [0, 0.05) is 24.2 Å². The smallest absolute Gasteiger partial charge is 0.329 e. The molecule has 2 atom stereocenters. The number of ether oxygens (including phenoxy) is 1. The van der Waals surface area contributed by atoms with Crippen molar-refractivity contribution >= 4 is 34.7 Å². The van der Waals surface area contributed by atoms with Crippen molar-refractivity contribution in [3.63, 3.8) is 0 Å². The maximum atomic E-state index is 13.7. The van der Waals surface area contributed by atoms with Gasteiger partial charge in [-0.15, -0.1) is 0 Å². The molecule has 0 aliphatic carbocycles. The molecule has 0 heterocycles. The summed E-state index contributed by atoms with van der Waals surface area (Å²) in [7, 11) is 0. The Kier molecular flexibility index (Phi) is 12.8. The summed E-state index contributed by atoms with van der Waals surface area (Å²) in [4.78, 5) is 52.5. The number of carbonyl (C=O) groups is 4. The topological polar surface area (TPSA) is 102 Å². The van der Waals surface area contributed by atoms with Crippen LogP contribution in [0.25, 0.3) is 0 Å². The molecule has 4 aromatic rings. The monoisotopic (exact) mass is 608 g/mol. The Morgan fingerprint density at radius 1 is 0.636 bits per heavy atom. The van der Waals surface area contributed by atoms with E-state index in [1.54, 1.807) is 24.3 Å². The van der Waals surface area contributed by atoms with Crippen molar-refractivity contribution in [1.82, 2.24) is 10.6 Å². The van der Waals surface area contributed by atoms with E-state index in [2.05, 4.69) is 10.6 Å². The van der Waals surface area contributed by atoms with Crippen molar-refractivity contribution in [3.05, 3.63) is 144 Å². The van der Waals surface area contributed by atoms with E-state index in [4.69, 9.17) is 4.74 Å². The molecule has 4 aromatic carbocycles. The van der Waals surface area contributed by atoms with Crippen molar-refractivity contribution < 1.29 is 23.9 Å². The third-order valence-corrected chi connectivity index (χ3v) is 7.83. The molecule has 0 aliphatic heterocycles. The SMILES string of the molecule is O=C(CCc1ccccc1)N[C@@H](Cc1ccccc1)C(=O)N[C@H](CCSC(=O)c1ccccc1)C(=O)OCc1ccccc1. The van der Waals surface area contributed by atoms with Crippen LogP contribution in [0.1, 0.15) is 39.9 Å². The molecule has 44 heavy (non-hydrogen) atoms. The van der Waals surface area contributed by atoms with Gasteiger partial charge in [0.25, 0.3) is 0 Å². The normalized spacial score (nSPS) is 12.0. The molecule has 2 amide bonds. The summed E-state index contributed by atoms with van der Waals surface area (Å²) in [5.41, 5.74) is 3.26. The molecule has 7 nitrogen and oxygen atoms in total. The first-order valence-electron chi connectivity index (χ1n) is 14.6. The molecule has 0 unspecified atom stereocenters. The van der Waals surface area contributed by atoms with E-state index in [0.29, 0.717) is 12.0 Å². The molecule has 0 saturated carbocycles. The van der Waals surface area contributed by atoms with Gasteiger partial charge in [0.2, 0.25) is 16.9 Å². The summed E-state index contributed by atoms with van der Waals surface area (Å²) in [5, 5.41) is 5.56. The Morgan fingerprint density at radius 3 is 1.80 bits per heavy atom. The van der Waals surface area contributed by atoms with E-state index in [0.717, 1.165) is 28.5 Å². The van der Waals surface area contributed by atoms with Gasteiger partial charge in [-0.3, -0.25) is 14.4 Å². The van der Waals surface area contributed by atoms with Crippen LogP contribution in [0.5, 0.6) is 0 Å². The summed E-state index contributed by atoms with van der Waals surface area (Å²) in [5.74, 6) is -1.09. The fraction of sp³-hybridized carbons (Fsp3) is 0.222. The number of hydrogen-bond acceptors (Lipinski definition) is 6. The summed E-state index contributed by atoms with van der Waals surface area (Å²) in [6.07, 6.45) is 1.16. The minimum Gasteiger partial charge on any atom is -0.459 e. The quantitative estimate of drug-likeness (QED) is 0.172. The molecule has 0 radical (unpaired) electrons. The van der Waals surface area contributed by atoms with Crippen LogP contribution in [0, 0.1) is 0 Å². The molecule has 0 spiro atoms. The Labute approximate surface area is 262 Å². The first-order chi connectivity index (χ1) is 21.5. The van der Waals surface area contributed by atoms with Crippen LogP contribution in [-0.4, -0.2) is 40.7 Å². The summed E-state index contributed by atoms with van der Waals surface area (Å²) in [6, 6.07) is 35.3. The Bertz CT molecular complexity index is 1480. The molecule has 2 N–H and O–H groups in total. The lowest BCUT2D eigenvalue weighted by Gasteiger charge is -2.23. The molecule has 4 rings (SSSR count). The van der Waals surface area contributed by atoms with Crippen molar-refractivity contribution in [2.75, 3.05) is 5.75 Å². The maximum absolute atomic E-state index is 13.7. The zero-order valence-corrected chi connectivity index (χ0v) is 25.2. The molecule has 226 valence electrons. The highest BCUT2D eigenvalue weighted by Gasteiger charge is 2.28. The molecule has 0 aromatic heterocycles. The number of amides is 2.